The minimum atomic E-state index is -0.140. The van der Waals surface area contributed by atoms with E-state index in [1.807, 2.05) is 12.1 Å². The maximum Gasteiger partial charge on any atom is 0.141 e. The molecule has 1 aromatic carbocycles. The average molecular weight is 316 g/mol. The first-order valence-corrected chi connectivity index (χ1v) is 8.63. The van der Waals surface area contributed by atoms with Gasteiger partial charge in [-0.05, 0) is 43.4 Å². The summed E-state index contributed by atoms with van der Waals surface area (Å²) in [6, 6.07) is 6.05. The van der Waals surface area contributed by atoms with Crippen molar-refractivity contribution in [2.45, 2.75) is 64.5 Å². The Morgan fingerprint density at radius 1 is 1.22 bits per heavy atom. The van der Waals surface area contributed by atoms with E-state index in [9.17, 15) is 4.39 Å². The second kappa shape index (κ2) is 7.73. The summed E-state index contributed by atoms with van der Waals surface area (Å²) in [5.41, 5.74) is 2.81. The summed E-state index contributed by atoms with van der Waals surface area (Å²) in [5.74, 6) is 0.772. The maximum absolute atomic E-state index is 13.6. The van der Waals surface area contributed by atoms with Gasteiger partial charge in [0.25, 0.3) is 0 Å². The molecule has 0 radical (unpaired) electrons. The number of nitrogens with one attached hydrogen (secondary N) is 1. The third kappa shape index (κ3) is 4.41. The molecule has 23 heavy (non-hydrogen) atoms. The fourth-order valence-electron chi connectivity index (χ4n) is 3.25. The third-order valence-electron chi connectivity index (χ3n) is 4.79. The second-order valence-corrected chi connectivity index (χ2v) is 6.57. The van der Waals surface area contributed by atoms with E-state index in [-0.39, 0.29) is 5.82 Å². The molecule has 1 aliphatic carbocycles. The quantitative estimate of drug-likeness (QED) is 0.862. The minimum Gasteiger partial charge on any atom is -0.361 e. The van der Waals surface area contributed by atoms with Crippen LogP contribution in [0.5, 0.6) is 0 Å². The van der Waals surface area contributed by atoms with Crippen molar-refractivity contribution in [1.82, 2.24) is 10.5 Å². The molecule has 0 atom stereocenters. The van der Waals surface area contributed by atoms with E-state index < -0.39 is 0 Å². The van der Waals surface area contributed by atoms with Gasteiger partial charge in [-0.25, -0.2) is 4.39 Å². The number of hydrogen-bond donors (Lipinski definition) is 1. The molecule has 1 heterocycles. The van der Waals surface area contributed by atoms with E-state index in [0.29, 0.717) is 11.6 Å². The van der Waals surface area contributed by atoms with Gasteiger partial charge in [-0.1, -0.05) is 36.6 Å². The van der Waals surface area contributed by atoms with Crippen LogP contribution >= 0.6 is 0 Å². The van der Waals surface area contributed by atoms with Gasteiger partial charge in [0.1, 0.15) is 11.6 Å². The Bertz CT molecular complexity index is 632. The second-order valence-electron chi connectivity index (χ2n) is 6.57. The Labute approximate surface area is 137 Å². The van der Waals surface area contributed by atoms with Crippen molar-refractivity contribution in [3.05, 3.63) is 52.7 Å². The normalized spacial score (nSPS) is 15.9. The summed E-state index contributed by atoms with van der Waals surface area (Å²) in [6.45, 7) is 2.59. The lowest BCUT2D eigenvalue weighted by Gasteiger charge is -2.22. The Morgan fingerprint density at radius 2 is 2.04 bits per heavy atom. The van der Waals surface area contributed by atoms with E-state index in [0.717, 1.165) is 36.3 Å². The molecule has 0 spiro atoms. The zero-order valence-electron chi connectivity index (χ0n) is 13.8. The molecule has 3 nitrogen and oxygen atoms in total. The molecule has 124 valence electrons. The van der Waals surface area contributed by atoms with E-state index in [2.05, 4.69) is 10.5 Å². The molecule has 4 heteroatoms. The van der Waals surface area contributed by atoms with Crippen LogP contribution in [0, 0.1) is 12.7 Å². The smallest absolute Gasteiger partial charge is 0.141 e. The van der Waals surface area contributed by atoms with Crippen molar-refractivity contribution in [1.29, 1.82) is 0 Å². The van der Waals surface area contributed by atoms with Gasteiger partial charge in [-0.15, -0.1) is 0 Å². The van der Waals surface area contributed by atoms with Gasteiger partial charge in [0.05, 0.1) is 6.20 Å². The topological polar surface area (TPSA) is 38.1 Å². The molecule has 1 saturated carbocycles. The largest absolute Gasteiger partial charge is 0.361 e. The van der Waals surface area contributed by atoms with E-state index in [1.54, 1.807) is 19.2 Å². The highest BCUT2D eigenvalue weighted by atomic mass is 19.1. The molecule has 0 aliphatic heterocycles. The van der Waals surface area contributed by atoms with Gasteiger partial charge in [0.2, 0.25) is 0 Å². The van der Waals surface area contributed by atoms with Crippen LogP contribution in [0.3, 0.4) is 0 Å². The number of benzene rings is 1. The highest BCUT2D eigenvalue weighted by molar-refractivity contribution is 5.24. The van der Waals surface area contributed by atoms with Crippen LogP contribution in [0.2, 0.25) is 0 Å². The number of aromatic nitrogens is 1. The van der Waals surface area contributed by atoms with Crippen LogP contribution < -0.4 is 5.32 Å². The Balaban J connectivity index is 1.54. The first-order chi connectivity index (χ1) is 11.2. The van der Waals surface area contributed by atoms with Crippen molar-refractivity contribution in [3.8, 4) is 0 Å². The SMILES string of the molecule is Cc1ccc(CCc2oncc2CNC2CCCCC2)cc1F. The van der Waals surface area contributed by atoms with Gasteiger partial charge in [-0.2, -0.15) is 0 Å². The standard InChI is InChI=1S/C19H25FN2O/c1-14-7-8-15(11-18(14)20)9-10-19-16(13-22-23-19)12-21-17-5-3-2-4-6-17/h7-8,11,13,17,21H,2-6,9-10,12H2,1H3. The van der Waals surface area contributed by atoms with Gasteiger partial charge in [0, 0.05) is 24.6 Å². The van der Waals surface area contributed by atoms with Gasteiger partial charge in [-0.3, -0.25) is 0 Å². The summed E-state index contributed by atoms with van der Waals surface area (Å²) in [4.78, 5) is 0. The molecule has 0 saturated heterocycles. The summed E-state index contributed by atoms with van der Waals surface area (Å²) in [6.07, 6.45) is 9.88. The number of rotatable bonds is 6. The number of nitrogens with zero attached hydrogens (tertiary/aromatic N) is 1. The molecular weight excluding hydrogens is 291 g/mol. The number of halogens is 1. The number of hydrogen-bond acceptors (Lipinski definition) is 3. The summed E-state index contributed by atoms with van der Waals surface area (Å²) in [7, 11) is 0. The van der Waals surface area contributed by atoms with E-state index >= 15 is 0 Å². The molecule has 1 fully saturated rings. The highest BCUT2D eigenvalue weighted by Crippen LogP contribution is 2.19. The fraction of sp³-hybridized carbons (Fsp3) is 0.526. The molecular formula is C19H25FN2O. The van der Waals surface area contributed by atoms with Crippen molar-refractivity contribution in [2.24, 2.45) is 0 Å². The first kappa shape index (κ1) is 16.2. The molecule has 1 aliphatic rings. The van der Waals surface area contributed by atoms with Crippen LogP contribution in [0.15, 0.2) is 28.9 Å². The van der Waals surface area contributed by atoms with Crippen LogP contribution in [0.25, 0.3) is 0 Å². The minimum absolute atomic E-state index is 0.140. The average Bonchev–Trinajstić information content (AvgIpc) is 3.02. The monoisotopic (exact) mass is 316 g/mol. The molecule has 0 unspecified atom stereocenters. The summed E-state index contributed by atoms with van der Waals surface area (Å²) < 4.78 is 19.0. The van der Waals surface area contributed by atoms with Crippen LogP contribution in [-0.2, 0) is 19.4 Å². The zero-order chi connectivity index (χ0) is 16.1. The van der Waals surface area contributed by atoms with E-state index in [4.69, 9.17) is 4.52 Å². The highest BCUT2D eigenvalue weighted by Gasteiger charge is 2.15. The van der Waals surface area contributed by atoms with Crippen molar-refractivity contribution in [3.63, 3.8) is 0 Å². The predicted molar refractivity (Wildman–Crippen MR) is 88.8 cm³/mol. The maximum atomic E-state index is 13.6. The molecule has 0 bridgehead atoms. The molecule has 0 amide bonds. The number of aryl methyl sites for hydroxylation is 3. The van der Waals surface area contributed by atoms with Crippen molar-refractivity contribution < 1.29 is 8.91 Å². The molecule has 1 N–H and O–H groups in total. The fourth-order valence-corrected chi connectivity index (χ4v) is 3.25. The third-order valence-corrected chi connectivity index (χ3v) is 4.79. The molecule has 3 rings (SSSR count). The Kier molecular flexibility index (Phi) is 5.44. The van der Waals surface area contributed by atoms with Crippen LogP contribution in [-0.4, -0.2) is 11.2 Å². The lowest BCUT2D eigenvalue weighted by atomic mass is 9.95. The molecule has 1 aromatic heterocycles. The van der Waals surface area contributed by atoms with Crippen molar-refractivity contribution >= 4 is 0 Å². The van der Waals surface area contributed by atoms with Gasteiger partial charge in [0.15, 0.2) is 0 Å². The summed E-state index contributed by atoms with van der Waals surface area (Å²) >= 11 is 0. The Morgan fingerprint density at radius 3 is 2.83 bits per heavy atom. The zero-order valence-corrected chi connectivity index (χ0v) is 13.8. The molecule has 2 aromatic rings. The van der Waals surface area contributed by atoms with E-state index in [1.165, 1.54) is 32.1 Å². The lowest BCUT2D eigenvalue weighted by molar-refractivity contribution is 0.365. The Hall–Kier alpha value is -1.68. The first-order valence-electron chi connectivity index (χ1n) is 8.63. The lowest BCUT2D eigenvalue weighted by Crippen LogP contribution is -2.30. The summed E-state index contributed by atoms with van der Waals surface area (Å²) in [5, 5.41) is 7.56. The van der Waals surface area contributed by atoms with Gasteiger partial charge < -0.3 is 9.84 Å². The van der Waals surface area contributed by atoms with Crippen LogP contribution in [0.1, 0.15) is 54.6 Å². The predicted octanol–water partition coefficient (Wildman–Crippen LogP) is 4.33. The van der Waals surface area contributed by atoms with Gasteiger partial charge >= 0.3 is 0 Å². The van der Waals surface area contributed by atoms with Crippen molar-refractivity contribution in [2.75, 3.05) is 0 Å². The van der Waals surface area contributed by atoms with Crippen LogP contribution in [0.4, 0.5) is 4.39 Å².